The number of carbonyl (C=O) groups is 1. The van der Waals surface area contributed by atoms with Gasteiger partial charge in [-0.15, -0.1) is 0 Å². The minimum atomic E-state index is -0.0210. The van der Waals surface area contributed by atoms with E-state index in [-0.39, 0.29) is 18.6 Å². The van der Waals surface area contributed by atoms with Crippen LogP contribution in [0.3, 0.4) is 0 Å². The highest BCUT2D eigenvalue weighted by atomic mass is 16.5. The van der Waals surface area contributed by atoms with E-state index in [0.29, 0.717) is 25.4 Å². The topological polar surface area (TPSA) is 51.7 Å². The number of morpholine rings is 1. The van der Waals surface area contributed by atoms with Gasteiger partial charge in [0.25, 0.3) is 5.91 Å². The number of pyridine rings is 1. The van der Waals surface area contributed by atoms with Crippen LogP contribution in [0, 0.1) is 0 Å². The molecule has 0 bridgehead atoms. The van der Waals surface area contributed by atoms with Crippen LogP contribution in [0.5, 0.6) is 5.75 Å². The molecule has 23 heavy (non-hydrogen) atoms. The molecule has 120 valence electrons. The fraction of sp³-hybridized carbons (Fsp3) is 0.333. The first kappa shape index (κ1) is 15.5. The van der Waals surface area contributed by atoms with Gasteiger partial charge in [-0.05, 0) is 19.1 Å². The molecule has 0 spiro atoms. The van der Waals surface area contributed by atoms with E-state index in [2.05, 4.69) is 4.98 Å². The maximum Gasteiger partial charge on any atom is 0.260 e. The van der Waals surface area contributed by atoms with Crippen LogP contribution < -0.4 is 4.74 Å². The van der Waals surface area contributed by atoms with Crippen LogP contribution in [0.2, 0.25) is 0 Å². The first-order valence-corrected chi connectivity index (χ1v) is 7.76. The largest absolute Gasteiger partial charge is 0.482 e. The summed E-state index contributed by atoms with van der Waals surface area (Å²) in [6.07, 6.45) is 1.73. The molecule has 5 nitrogen and oxygen atoms in total. The molecule has 0 radical (unpaired) electrons. The zero-order valence-corrected chi connectivity index (χ0v) is 13.1. The quantitative estimate of drug-likeness (QED) is 0.870. The van der Waals surface area contributed by atoms with E-state index in [4.69, 9.17) is 9.47 Å². The van der Waals surface area contributed by atoms with Crippen molar-refractivity contribution < 1.29 is 14.3 Å². The average molecular weight is 312 g/mol. The van der Waals surface area contributed by atoms with E-state index in [9.17, 15) is 4.79 Å². The van der Waals surface area contributed by atoms with Gasteiger partial charge in [0, 0.05) is 18.7 Å². The Balaban J connectivity index is 1.55. The number of hydrogen-bond donors (Lipinski definition) is 0. The Bertz CT molecular complexity index is 643. The average Bonchev–Trinajstić information content (AvgIpc) is 2.61. The minimum absolute atomic E-state index is 0.0210. The molecule has 1 atom stereocenters. The van der Waals surface area contributed by atoms with Crippen LogP contribution in [-0.2, 0) is 9.53 Å². The molecule has 1 unspecified atom stereocenters. The van der Waals surface area contributed by atoms with Crippen molar-refractivity contribution >= 4 is 5.91 Å². The lowest BCUT2D eigenvalue weighted by molar-refractivity contribution is -0.140. The Hall–Kier alpha value is -2.40. The van der Waals surface area contributed by atoms with Crippen molar-refractivity contribution in [1.29, 1.82) is 0 Å². The van der Waals surface area contributed by atoms with Crippen LogP contribution >= 0.6 is 0 Å². The van der Waals surface area contributed by atoms with Gasteiger partial charge < -0.3 is 14.4 Å². The van der Waals surface area contributed by atoms with Crippen molar-refractivity contribution in [1.82, 2.24) is 9.88 Å². The fourth-order valence-corrected chi connectivity index (χ4v) is 2.53. The summed E-state index contributed by atoms with van der Waals surface area (Å²) in [5, 5.41) is 0. The van der Waals surface area contributed by atoms with E-state index in [1.807, 2.05) is 49.4 Å². The predicted octanol–water partition coefficient (Wildman–Crippen LogP) is 2.37. The summed E-state index contributed by atoms with van der Waals surface area (Å²) in [6.45, 7) is 3.82. The molecule has 3 rings (SSSR count). The first-order chi connectivity index (χ1) is 11.2. The monoisotopic (exact) mass is 312 g/mol. The summed E-state index contributed by atoms with van der Waals surface area (Å²) < 4.78 is 11.0. The molecule has 1 aliphatic heterocycles. The maximum absolute atomic E-state index is 12.1. The second kappa shape index (κ2) is 7.24. The SMILES string of the molecule is CC1CN(C(=O)COc2ccc(-c3ccccc3)nc2)CCO1. The van der Waals surface area contributed by atoms with Gasteiger partial charge in [-0.25, -0.2) is 0 Å². The lowest BCUT2D eigenvalue weighted by Crippen LogP contribution is -2.46. The van der Waals surface area contributed by atoms with Crippen molar-refractivity contribution in [3.63, 3.8) is 0 Å². The second-order valence-corrected chi connectivity index (χ2v) is 5.56. The Morgan fingerprint density at radius 1 is 1.30 bits per heavy atom. The molecule has 5 heteroatoms. The summed E-state index contributed by atoms with van der Waals surface area (Å²) in [6, 6.07) is 13.7. The summed E-state index contributed by atoms with van der Waals surface area (Å²) in [7, 11) is 0. The van der Waals surface area contributed by atoms with E-state index < -0.39 is 0 Å². The van der Waals surface area contributed by atoms with Crippen molar-refractivity contribution in [2.75, 3.05) is 26.3 Å². The molecule has 1 fully saturated rings. The molecular formula is C18H20N2O3. The zero-order valence-electron chi connectivity index (χ0n) is 13.1. The summed E-state index contributed by atoms with van der Waals surface area (Å²) in [5.74, 6) is 0.576. The first-order valence-electron chi connectivity index (χ1n) is 7.76. The lowest BCUT2D eigenvalue weighted by atomic mass is 10.1. The number of carbonyl (C=O) groups excluding carboxylic acids is 1. The molecule has 0 N–H and O–H groups in total. The number of aromatic nitrogens is 1. The van der Waals surface area contributed by atoms with Gasteiger partial charge in [0.2, 0.25) is 0 Å². The second-order valence-electron chi connectivity index (χ2n) is 5.56. The van der Waals surface area contributed by atoms with Crippen LogP contribution in [0.4, 0.5) is 0 Å². The van der Waals surface area contributed by atoms with E-state index in [1.165, 1.54) is 0 Å². The van der Waals surface area contributed by atoms with E-state index in [0.717, 1.165) is 11.3 Å². The van der Waals surface area contributed by atoms with Crippen LogP contribution in [0.15, 0.2) is 48.7 Å². The van der Waals surface area contributed by atoms with Crippen LogP contribution in [-0.4, -0.2) is 48.2 Å². The molecular weight excluding hydrogens is 292 g/mol. The molecule has 1 aromatic carbocycles. The van der Waals surface area contributed by atoms with Gasteiger partial charge in [0.1, 0.15) is 5.75 Å². The van der Waals surface area contributed by atoms with Crippen molar-refractivity contribution in [3.05, 3.63) is 48.7 Å². The third-order valence-electron chi connectivity index (χ3n) is 3.76. The smallest absolute Gasteiger partial charge is 0.260 e. The number of rotatable bonds is 4. The van der Waals surface area contributed by atoms with Gasteiger partial charge in [-0.2, -0.15) is 0 Å². The molecule has 0 aliphatic carbocycles. The number of nitrogens with zero attached hydrogens (tertiary/aromatic N) is 2. The van der Waals surface area contributed by atoms with Crippen LogP contribution in [0.1, 0.15) is 6.92 Å². The molecule has 1 saturated heterocycles. The molecule has 1 aliphatic rings. The Labute approximate surface area is 135 Å². The maximum atomic E-state index is 12.1. The molecule has 2 aromatic rings. The Morgan fingerprint density at radius 3 is 2.83 bits per heavy atom. The normalized spacial score (nSPS) is 17.8. The van der Waals surface area contributed by atoms with Gasteiger partial charge >= 0.3 is 0 Å². The van der Waals surface area contributed by atoms with E-state index in [1.54, 1.807) is 11.1 Å². The third-order valence-corrected chi connectivity index (χ3v) is 3.76. The molecule has 0 saturated carbocycles. The van der Waals surface area contributed by atoms with E-state index >= 15 is 0 Å². The lowest BCUT2D eigenvalue weighted by Gasteiger charge is -2.31. The summed E-state index contributed by atoms with van der Waals surface area (Å²) in [4.78, 5) is 18.3. The number of benzene rings is 1. The van der Waals surface area contributed by atoms with Gasteiger partial charge in [-0.1, -0.05) is 30.3 Å². The highest BCUT2D eigenvalue weighted by molar-refractivity contribution is 5.77. The van der Waals surface area contributed by atoms with Crippen LogP contribution in [0.25, 0.3) is 11.3 Å². The van der Waals surface area contributed by atoms with Gasteiger partial charge in [0.15, 0.2) is 6.61 Å². The molecule has 2 heterocycles. The summed E-state index contributed by atoms with van der Waals surface area (Å²) >= 11 is 0. The van der Waals surface area contributed by atoms with Crippen molar-refractivity contribution in [2.24, 2.45) is 0 Å². The highest BCUT2D eigenvalue weighted by Crippen LogP contribution is 2.19. The number of hydrogen-bond acceptors (Lipinski definition) is 4. The number of ether oxygens (including phenoxy) is 2. The highest BCUT2D eigenvalue weighted by Gasteiger charge is 2.21. The summed E-state index contributed by atoms with van der Waals surface area (Å²) in [5.41, 5.74) is 1.93. The molecule has 1 amide bonds. The predicted molar refractivity (Wildman–Crippen MR) is 87.2 cm³/mol. The third kappa shape index (κ3) is 4.07. The fourth-order valence-electron chi connectivity index (χ4n) is 2.53. The van der Waals surface area contributed by atoms with Gasteiger partial charge in [0.05, 0.1) is 24.6 Å². The zero-order chi connectivity index (χ0) is 16.1. The molecule has 1 aromatic heterocycles. The minimum Gasteiger partial charge on any atom is -0.482 e. The van der Waals surface area contributed by atoms with Crippen molar-refractivity contribution in [3.8, 4) is 17.0 Å². The van der Waals surface area contributed by atoms with Crippen molar-refractivity contribution in [2.45, 2.75) is 13.0 Å². The van der Waals surface area contributed by atoms with Gasteiger partial charge in [-0.3, -0.25) is 9.78 Å². The number of amides is 1. The standard InChI is InChI=1S/C18H20N2O3/c1-14-12-20(9-10-22-14)18(21)13-23-16-7-8-17(19-11-16)15-5-3-2-4-6-15/h2-8,11,14H,9-10,12-13H2,1H3. The Kier molecular flexibility index (Phi) is 4.88. The Morgan fingerprint density at radius 2 is 2.13 bits per heavy atom.